The van der Waals surface area contributed by atoms with Gasteiger partial charge >= 0.3 is 5.97 Å². The van der Waals surface area contributed by atoms with Crippen LogP contribution in [-0.4, -0.2) is 37.0 Å². The first-order chi connectivity index (χ1) is 13.5. The van der Waals surface area contributed by atoms with Crippen molar-refractivity contribution in [2.75, 3.05) is 20.2 Å². The SMILES string of the molecule is CC.COC(=O)c1cc(C(=O)N2CCCC2)cc(-c2ccc(C)cc2C#N)c1. The van der Waals surface area contributed by atoms with Crippen LogP contribution < -0.4 is 0 Å². The Morgan fingerprint density at radius 1 is 1.04 bits per heavy atom. The Hall–Kier alpha value is -3.13. The lowest BCUT2D eigenvalue weighted by atomic mass is 9.95. The number of benzene rings is 2. The summed E-state index contributed by atoms with van der Waals surface area (Å²) in [5, 5.41) is 9.46. The van der Waals surface area contributed by atoms with E-state index >= 15 is 0 Å². The van der Waals surface area contributed by atoms with Gasteiger partial charge in [0.2, 0.25) is 0 Å². The molecule has 1 aliphatic heterocycles. The second-order valence-electron chi connectivity index (χ2n) is 6.45. The minimum absolute atomic E-state index is 0.0971. The molecule has 0 radical (unpaired) electrons. The highest BCUT2D eigenvalue weighted by molar-refractivity contribution is 6.00. The van der Waals surface area contributed by atoms with Crippen LogP contribution in [0.5, 0.6) is 0 Å². The molecular formula is C23H26N2O3. The van der Waals surface area contributed by atoms with Crippen molar-refractivity contribution in [3.8, 4) is 17.2 Å². The third-order valence-corrected chi connectivity index (χ3v) is 4.60. The number of hydrogen-bond acceptors (Lipinski definition) is 4. The number of carbonyl (C=O) groups is 2. The molecule has 2 aromatic carbocycles. The van der Waals surface area contributed by atoms with Crippen LogP contribution in [0, 0.1) is 18.3 Å². The number of nitrogens with zero attached hydrogens (tertiary/aromatic N) is 2. The van der Waals surface area contributed by atoms with Crippen LogP contribution in [0.15, 0.2) is 36.4 Å². The van der Waals surface area contributed by atoms with Crippen molar-refractivity contribution in [2.45, 2.75) is 33.6 Å². The molecule has 1 fully saturated rings. The number of methoxy groups -OCH3 is 1. The molecule has 0 atom stereocenters. The fraction of sp³-hybridized carbons (Fsp3) is 0.348. The first-order valence-corrected chi connectivity index (χ1v) is 9.57. The van der Waals surface area contributed by atoms with Crippen molar-refractivity contribution >= 4 is 11.9 Å². The van der Waals surface area contributed by atoms with E-state index in [1.165, 1.54) is 7.11 Å². The number of ether oxygens (including phenoxy) is 1. The van der Waals surface area contributed by atoms with E-state index < -0.39 is 5.97 Å². The molecule has 28 heavy (non-hydrogen) atoms. The molecule has 3 rings (SSSR count). The first-order valence-electron chi connectivity index (χ1n) is 9.57. The molecule has 5 heteroatoms. The topological polar surface area (TPSA) is 70.4 Å². The smallest absolute Gasteiger partial charge is 0.337 e. The fourth-order valence-corrected chi connectivity index (χ4v) is 3.25. The minimum atomic E-state index is -0.507. The standard InChI is InChI=1S/C21H20N2O3.C2H6/c1-14-5-6-19(18(9-14)13-22)15-10-16(12-17(11-15)21(25)26-2)20(24)23-7-3-4-8-23;1-2/h5-6,9-12H,3-4,7-8H2,1-2H3;1-2H3. The highest BCUT2D eigenvalue weighted by Gasteiger charge is 2.22. The van der Waals surface area contributed by atoms with Gasteiger partial charge in [-0.3, -0.25) is 4.79 Å². The molecular weight excluding hydrogens is 352 g/mol. The van der Waals surface area contributed by atoms with Gasteiger partial charge in [-0.05, 0) is 60.7 Å². The number of nitriles is 1. The predicted octanol–water partition coefficient (Wildman–Crippen LogP) is 4.58. The Labute approximate surface area is 166 Å². The van der Waals surface area contributed by atoms with Crippen molar-refractivity contribution in [2.24, 2.45) is 0 Å². The first kappa shape index (κ1) is 21.2. The van der Waals surface area contributed by atoms with E-state index in [1.807, 2.05) is 32.9 Å². The Bertz CT molecular complexity index is 907. The van der Waals surface area contributed by atoms with Gasteiger partial charge in [-0.15, -0.1) is 0 Å². The molecule has 1 saturated heterocycles. The van der Waals surface area contributed by atoms with Gasteiger partial charge in [0.1, 0.15) is 0 Å². The zero-order chi connectivity index (χ0) is 20.7. The van der Waals surface area contributed by atoms with Gasteiger partial charge in [0.25, 0.3) is 5.91 Å². The molecule has 146 valence electrons. The summed E-state index contributed by atoms with van der Waals surface area (Å²) < 4.78 is 4.83. The summed E-state index contributed by atoms with van der Waals surface area (Å²) in [4.78, 5) is 26.7. The maximum atomic E-state index is 12.8. The van der Waals surface area contributed by atoms with Gasteiger partial charge in [-0.2, -0.15) is 5.26 Å². The van der Waals surface area contributed by atoms with E-state index in [0.717, 1.165) is 31.5 Å². The number of carbonyl (C=O) groups excluding carboxylic acids is 2. The van der Waals surface area contributed by atoms with Crippen molar-refractivity contribution in [3.05, 3.63) is 58.7 Å². The minimum Gasteiger partial charge on any atom is -0.465 e. The molecule has 0 unspecified atom stereocenters. The molecule has 0 N–H and O–H groups in total. The van der Waals surface area contributed by atoms with Crippen LogP contribution in [0.4, 0.5) is 0 Å². The summed E-state index contributed by atoms with van der Waals surface area (Å²) in [5.41, 5.74) is 3.58. The van der Waals surface area contributed by atoms with Crippen LogP contribution in [0.25, 0.3) is 11.1 Å². The fourth-order valence-electron chi connectivity index (χ4n) is 3.25. The zero-order valence-electron chi connectivity index (χ0n) is 16.9. The van der Waals surface area contributed by atoms with E-state index in [4.69, 9.17) is 4.74 Å². The molecule has 0 saturated carbocycles. The third kappa shape index (κ3) is 4.58. The zero-order valence-corrected chi connectivity index (χ0v) is 16.9. The molecule has 0 spiro atoms. The number of amides is 1. The second kappa shape index (κ2) is 9.70. The maximum absolute atomic E-state index is 12.8. The molecule has 1 aliphatic rings. The second-order valence-corrected chi connectivity index (χ2v) is 6.45. The molecule has 5 nitrogen and oxygen atoms in total. The third-order valence-electron chi connectivity index (χ3n) is 4.60. The summed E-state index contributed by atoms with van der Waals surface area (Å²) in [6, 6.07) is 12.7. The van der Waals surface area contributed by atoms with Gasteiger partial charge in [0.15, 0.2) is 0 Å². The van der Waals surface area contributed by atoms with Gasteiger partial charge < -0.3 is 9.64 Å². The average Bonchev–Trinajstić information content (AvgIpc) is 3.28. The van der Waals surface area contributed by atoms with Gasteiger partial charge in [0.05, 0.1) is 24.3 Å². The lowest BCUT2D eigenvalue weighted by Gasteiger charge is -2.17. The molecule has 0 bridgehead atoms. The van der Waals surface area contributed by atoms with Crippen molar-refractivity contribution in [1.82, 2.24) is 4.90 Å². The molecule has 0 aromatic heterocycles. The maximum Gasteiger partial charge on any atom is 0.337 e. The van der Waals surface area contributed by atoms with Gasteiger partial charge in [-0.1, -0.05) is 26.0 Å². The Balaban J connectivity index is 0.00000136. The van der Waals surface area contributed by atoms with Crippen LogP contribution in [0.3, 0.4) is 0 Å². The lowest BCUT2D eigenvalue weighted by molar-refractivity contribution is 0.0600. The van der Waals surface area contributed by atoms with E-state index in [1.54, 1.807) is 29.2 Å². The highest BCUT2D eigenvalue weighted by atomic mass is 16.5. The van der Waals surface area contributed by atoms with Crippen LogP contribution in [-0.2, 0) is 4.74 Å². The Kier molecular flexibility index (Phi) is 7.34. The Morgan fingerprint density at radius 2 is 1.68 bits per heavy atom. The van der Waals surface area contributed by atoms with Crippen molar-refractivity contribution < 1.29 is 14.3 Å². The van der Waals surface area contributed by atoms with Crippen LogP contribution in [0.1, 0.15) is 58.5 Å². The predicted molar refractivity (Wildman–Crippen MR) is 109 cm³/mol. The Morgan fingerprint density at radius 3 is 2.29 bits per heavy atom. The van der Waals surface area contributed by atoms with E-state index in [0.29, 0.717) is 27.8 Å². The number of esters is 1. The number of rotatable bonds is 3. The van der Waals surface area contributed by atoms with Crippen molar-refractivity contribution in [1.29, 1.82) is 5.26 Å². The van der Waals surface area contributed by atoms with Gasteiger partial charge in [0, 0.05) is 18.7 Å². The van der Waals surface area contributed by atoms with Crippen LogP contribution in [0.2, 0.25) is 0 Å². The number of hydrogen-bond donors (Lipinski definition) is 0. The molecule has 0 aliphatic carbocycles. The highest BCUT2D eigenvalue weighted by Crippen LogP contribution is 2.28. The number of likely N-dealkylation sites (tertiary alicyclic amines) is 1. The summed E-state index contributed by atoms with van der Waals surface area (Å²) in [6.45, 7) is 7.37. The molecule has 1 amide bonds. The van der Waals surface area contributed by atoms with Crippen LogP contribution >= 0.6 is 0 Å². The van der Waals surface area contributed by atoms with E-state index in [9.17, 15) is 14.9 Å². The lowest BCUT2D eigenvalue weighted by Crippen LogP contribution is -2.27. The summed E-state index contributed by atoms with van der Waals surface area (Å²) in [7, 11) is 1.31. The van der Waals surface area contributed by atoms with E-state index in [2.05, 4.69) is 6.07 Å². The molecule has 1 heterocycles. The average molecular weight is 378 g/mol. The largest absolute Gasteiger partial charge is 0.465 e. The normalized spacial score (nSPS) is 12.6. The van der Waals surface area contributed by atoms with Gasteiger partial charge in [-0.25, -0.2) is 4.79 Å². The number of aryl methyl sites for hydroxylation is 1. The summed E-state index contributed by atoms with van der Waals surface area (Å²) >= 11 is 0. The summed E-state index contributed by atoms with van der Waals surface area (Å²) in [5.74, 6) is -0.604. The summed E-state index contributed by atoms with van der Waals surface area (Å²) in [6.07, 6.45) is 1.98. The molecule has 2 aromatic rings. The van der Waals surface area contributed by atoms with Crippen molar-refractivity contribution in [3.63, 3.8) is 0 Å². The quantitative estimate of drug-likeness (QED) is 0.733. The van der Waals surface area contributed by atoms with E-state index in [-0.39, 0.29) is 5.91 Å². The monoisotopic (exact) mass is 378 g/mol.